The number of aromatic nitrogens is 1. The Balaban J connectivity index is 2.32. The van der Waals surface area contributed by atoms with Crippen molar-refractivity contribution in [3.8, 4) is 0 Å². The number of anilines is 1. The summed E-state index contributed by atoms with van der Waals surface area (Å²) < 4.78 is 0. The van der Waals surface area contributed by atoms with Crippen LogP contribution in [-0.2, 0) is 0 Å². The molecule has 1 aromatic heterocycles. The number of nitrogens with two attached hydrogens (primary N) is 1. The molecular weight excluding hydrogens is 194 g/mol. The number of rotatable bonds is 5. The summed E-state index contributed by atoms with van der Waals surface area (Å²) in [7, 11) is 0. The largest absolute Gasteiger partial charge is 0.375 e. The van der Waals surface area contributed by atoms with E-state index in [0.717, 1.165) is 12.5 Å². The standard InChI is InChI=1S/C10H19N3S/c1-7(2)4-5-12-8(3)9-6-13-10(11)14-9/h6-8,12H,4-5H2,1-3H3,(H2,11,13). The molecule has 1 rings (SSSR count). The maximum Gasteiger partial charge on any atom is 0.180 e. The van der Waals surface area contributed by atoms with Gasteiger partial charge in [0.15, 0.2) is 5.13 Å². The molecule has 80 valence electrons. The van der Waals surface area contributed by atoms with Crippen LogP contribution in [0.25, 0.3) is 0 Å². The molecule has 0 saturated carbocycles. The van der Waals surface area contributed by atoms with E-state index in [-0.39, 0.29) is 0 Å². The summed E-state index contributed by atoms with van der Waals surface area (Å²) in [5.41, 5.74) is 5.57. The minimum Gasteiger partial charge on any atom is -0.375 e. The Morgan fingerprint density at radius 1 is 1.50 bits per heavy atom. The fourth-order valence-electron chi connectivity index (χ4n) is 1.19. The van der Waals surface area contributed by atoms with Gasteiger partial charge in [-0.25, -0.2) is 4.98 Å². The van der Waals surface area contributed by atoms with Crippen LogP contribution >= 0.6 is 11.3 Å². The van der Waals surface area contributed by atoms with Crippen LogP contribution in [0.3, 0.4) is 0 Å². The summed E-state index contributed by atoms with van der Waals surface area (Å²) in [4.78, 5) is 5.25. The monoisotopic (exact) mass is 213 g/mol. The van der Waals surface area contributed by atoms with Crippen LogP contribution in [0.5, 0.6) is 0 Å². The zero-order valence-electron chi connectivity index (χ0n) is 9.08. The first-order chi connectivity index (χ1) is 6.59. The predicted octanol–water partition coefficient (Wildman–Crippen LogP) is 2.42. The lowest BCUT2D eigenvalue weighted by molar-refractivity contribution is 0.500. The zero-order chi connectivity index (χ0) is 10.6. The van der Waals surface area contributed by atoms with Gasteiger partial charge in [-0.1, -0.05) is 13.8 Å². The van der Waals surface area contributed by atoms with Crippen LogP contribution in [0.1, 0.15) is 38.1 Å². The highest BCUT2D eigenvalue weighted by Crippen LogP contribution is 2.21. The smallest absolute Gasteiger partial charge is 0.180 e. The molecule has 3 nitrogen and oxygen atoms in total. The second-order valence-corrected chi connectivity index (χ2v) is 5.05. The third kappa shape index (κ3) is 3.64. The van der Waals surface area contributed by atoms with Gasteiger partial charge in [0.25, 0.3) is 0 Å². The van der Waals surface area contributed by atoms with E-state index in [1.807, 2.05) is 6.20 Å². The maximum absolute atomic E-state index is 5.57. The molecule has 0 aliphatic heterocycles. The van der Waals surface area contributed by atoms with Crippen LogP contribution in [0.15, 0.2) is 6.20 Å². The van der Waals surface area contributed by atoms with Gasteiger partial charge >= 0.3 is 0 Å². The van der Waals surface area contributed by atoms with Crippen molar-refractivity contribution < 1.29 is 0 Å². The molecule has 14 heavy (non-hydrogen) atoms. The summed E-state index contributed by atoms with van der Waals surface area (Å²) >= 11 is 1.56. The number of nitrogen functional groups attached to an aromatic ring is 1. The molecule has 1 unspecified atom stereocenters. The molecular formula is C10H19N3S. The lowest BCUT2D eigenvalue weighted by Gasteiger charge is -2.12. The van der Waals surface area contributed by atoms with Gasteiger partial charge in [-0.05, 0) is 25.8 Å². The highest BCUT2D eigenvalue weighted by Gasteiger charge is 2.07. The van der Waals surface area contributed by atoms with Crippen molar-refractivity contribution in [2.45, 2.75) is 33.2 Å². The number of nitrogens with zero attached hydrogens (tertiary/aromatic N) is 1. The van der Waals surface area contributed by atoms with Crippen molar-refractivity contribution in [2.24, 2.45) is 5.92 Å². The van der Waals surface area contributed by atoms with Crippen LogP contribution in [0, 0.1) is 5.92 Å². The zero-order valence-corrected chi connectivity index (χ0v) is 9.90. The van der Waals surface area contributed by atoms with Crippen LogP contribution in [-0.4, -0.2) is 11.5 Å². The molecule has 0 saturated heterocycles. The van der Waals surface area contributed by atoms with E-state index in [4.69, 9.17) is 5.73 Å². The molecule has 0 aromatic carbocycles. The molecule has 1 atom stereocenters. The molecule has 3 N–H and O–H groups in total. The first kappa shape index (κ1) is 11.5. The van der Waals surface area contributed by atoms with E-state index in [9.17, 15) is 0 Å². The Hall–Kier alpha value is -0.610. The van der Waals surface area contributed by atoms with E-state index < -0.39 is 0 Å². The fourth-order valence-corrected chi connectivity index (χ4v) is 1.90. The Bertz CT molecular complexity index is 270. The molecule has 1 aromatic rings. The second-order valence-electron chi connectivity index (χ2n) is 3.96. The van der Waals surface area contributed by atoms with Crippen molar-refractivity contribution >= 4 is 16.5 Å². The first-order valence-corrected chi connectivity index (χ1v) is 5.86. The second kappa shape index (κ2) is 5.32. The van der Waals surface area contributed by atoms with E-state index in [1.54, 1.807) is 11.3 Å². The number of hydrogen-bond acceptors (Lipinski definition) is 4. The normalized spacial score (nSPS) is 13.4. The van der Waals surface area contributed by atoms with E-state index >= 15 is 0 Å². The lowest BCUT2D eigenvalue weighted by Crippen LogP contribution is -2.20. The van der Waals surface area contributed by atoms with Crippen molar-refractivity contribution in [3.63, 3.8) is 0 Å². The average Bonchev–Trinajstić information content (AvgIpc) is 2.51. The number of nitrogens with one attached hydrogen (secondary N) is 1. The Morgan fingerprint density at radius 3 is 2.71 bits per heavy atom. The molecule has 0 aliphatic rings. The predicted molar refractivity (Wildman–Crippen MR) is 62.4 cm³/mol. The van der Waals surface area contributed by atoms with Gasteiger partial charge < -0.3 is 11.1 Å². The van der Waals surface area contributed by atoms with Gasteiger partial charge in [0, 0.05) is 17.1 Å². The third-order valence-electron chi connectivity index (χ3n) is 2.14. The van der Waals surface area contributed by atoms with Gasteiger partial charge in [0.05, 0.1) is 0 Å². The maximum atomic E-state index is 5.57. The van der Waals surface area contributed by atoms with E-state index in [1.165, 1.54) is 11.3 Å². The van der Waals surface area contributed by atoms with Gasteiger partial charge in [0.2, 0.25) is 0 Å². The average molecular weight is 213 g/mol. The van der Waals surface area contributed by atoms with E-state index in [0.29, 0.717) is 11.2 Å². The van der Waals surface area contributed by atoms with Crippen molar-refractivity contribution in [2.75, 3.05) is 12.3 Å². The van der Waals surface area contributed by atoms with Crippen molar-refractivity contribution in [1.29, 1.82) is 0 Å². The topological polar surface area (TPSA) is 50.9 Å². The first-order valence-electron chi connectivity index (χ1n) is 5.04. The summed E-state index contributed by atoms with van der Waals surface area (Å²) in [6, 6.07) is 0.364. The van der Waals surface area contributed by atoms with Crippen LogP contribution < -0.4 is 11.1 Å². The highest BCUT2D eigenvalue weighted by atomic mass is 32.1. The Kier molecular flexibility index (Phi) is 4.35. The summed E-state index contributed by atoms with van der Waals surface area (Å²) in [5, 5.41) is 4.11. The van der Waals surface area contributed by atoms with Crippen molar-refractivity contribution in [1.82, 2.24) is 10.3 Å². The minimum atomic E-state index is 0.364. The molecule has 0 amide bonds. The molecule has 4 heteroatoms. The van der Waals surface area contributed by atoms with Crippen LogP contribution in [0.2, 0.25) is 0 Å². The Labute approximate surface area is 89.7 Å². The molecule has 1 heterocycles. The van der Waals surface area contributed by atoms with Gasteiger partial charge in [0.1, 0.15) is 0 Å². The minimum absolute atomic E-state index is 0.364. The molecule has 0 aliphatic carbocycles. The molecule has 0 radical (unpaired) electrons. The fraction of sp³-hybridized carbons (Fsp3) is 0.700. The van der Waals surface area contributed by atoms with Gasteiger partial charge in [-0.2, -0.15) is 0 Å². The summed E-state index contributed by atoms with van der Waals surface area (Å²) in [6.45, 7) is 7.66. The lowest BCUT2D eigenvalue weighted by atomic mass is 10.1. The van der Waals surface area contributed by atoms with Crippen molar-refractivity contribution in [3.05, 3.63) is 11.1 Å². The summed E-state index contributed by atoms with van der Waals surface area (Å²) in [5.74, 6) is 0.751. The molecule has 0 bridgehead atoms. The third-order valence-corrected chi connectivity index (χ3v) is 3.15. The molecule has 0 fully saturated rings. The number of thiazole rings is 1. The molecule has 0 spiro atoms. The van der Waals surface area contributed by atoms with E-state index in [2.05, 4.69) is 31.1 Å². The number of hydrogen-bond donors (Lipinski definition) is 2. The van der Waals surface area contributed by atoms with Gasteiger partial charge in [-0.3, -0.25) is 0 Å². The van der Waals surface area contributed by atoms with Crippen LogP contribution in [0.4, 0.5) is 5.13 Å². The summed E-state index contributed by atoms with van der Waals surface area (Å²) in [6.07, 6.45) is 3.06. The SMILES string of the molecule is CC(C)CCNC(C)c1cnc(N)s1. The van der Waals surface area contributed by atoms with Gasteiger partial charge in [-0.15, -0.1) is 11.3 Å². The quantitative estimate of drug-likeness (QED) is 0.789. The highest BCUT2D eigenvalue weighted by molar-refractivity contribution is 7.15. The Morgan fingerprint density at radius 2 is 2.21 bits per heavy atom.